The maximum absolute atomic E-state index is 11.0. The lowest BCUT2D eigenvalue weighted by Gasteiger charge is -2.15. The first-order chi connectivity index (χ1) is 6.84. The number of nitrogens with zero attached hydrogens (tertiary/aromatic N) is 1. The number of guanidine groups is 1. The lowest BCUT2D eigenvalue weighted by molar-refractivity contribution is -0.147. The van der Waals surface area contributed by atoms with E-state index in [9.17, 15) is 9.59 Å². The molecule has 0 heterocycles. The van der Waals surface area contributed by atoms with Gasteiger partial charge in [0, 0.05) is 7.05 Å². The molecule has 86 valence electrons. The summed E-state index contributed by atoms with van der Waals surface area (Å²) in [7, 11) is 1.43. The molecule has 0 fully saturated rings. The molecule has 0 aliphatic carbocycles. The number of carbonyl (C=O) groups excluding carboxylic acids is 1. The largest absolute Gasteiger partial charge is 0.480 e. The van der Waals surface area contributed by atoms with Gasteiger partial charge in [-0.2, -0.15) is 0 Å². The standard InChI is InChI=1S/C7H14N4O4/c1-11(7(9)10)2-5(12)15-3-4(8)6(13)14/h4H,2-3,8H2,1H3,(H3,9,10)(H,13,14). The van der Waals surface area contributed by atoms with Gasteiger partial charge in [-0.25, -0.2) is 0 Å². The smallest absolute Gasteiger partial charge is 0.325 e. The lowest BCUT2D eigenvalue weighted by Crippen LogP contribution is -2.40. The van der Waals surface area contributed by atoms with Gasteiger partial charge in [0.2, 0.25) is 0 Å². The number of carboxylic acids is 1. The van der Waals surface area contributed by atoms with E-state index in [0.29, 0.717) is 0 Å². The summed E-state index contributed by atoms with van der Waals surface area (Å²) in [6.07, 6.45) is 0. The lowest BCUT2D eigenvalue weighted by atomic mass is 10.3. The van der Waals surface area contributed by atoms with Gasteiger partial charge >= 0.3 is 11.9 Å². The number of likely N-dealkylation sites (N-methyl/N-ethyl adjacent to an activating group) is 1. The van der Waals surface area contributed by atoms with E-state index in [1.807, 2.05) is 0 Å². The molecule has 0 radical (unpaired) electrons. The molecular formula is C7H14N4O4. The van der Waals surface area contributed by atoms with Gasteiger partial charge in [-0.15, -0.1) is 0 Å². The molecular weight excluding hydrogens is 204 g/mol. The van der Waals surface area contributed by atoms with Crippen LogP contribution in [0.25, 0.3) is 0 Å². The van der Waals surface area contributed by atoms with E-state index in [0.717, 1.165) is 4.90 Å². The summed E-state index contributed by atoms with van der Waals surface area (Å²) in [6, 6.07) is -1.24. The van der Waals surface area contributed by atoms with Gasteiger partial charge in [-0.1, -0.05) is 0 Å². The van der Waals surface area contributed by atoms with E-state index >= 15 is 0 Å². The maximum Gasteiger partial charge on any atom is 0.325 e. The minimum atomic E-state index is -1.25. The minimum Gasteiger partial charge on any atom is -0.480 e. The van der Waals surface area contributed by atoms with E-state index in [2.05, 4.69) is 4.74 Å². The fourth-order valence-electron chi connectivity index (χ4n) is 0.578. The van der Waals surface area contributed by atoms with Gasteiger partial charge in [0.15, 0.2) is 5.96 Å². The van der Waals surface area contributed by atoms with Gasteiger partial charge in [0.25, 0.3) is 0 Å². The zero-order valence-electron chi connectivity index (χ0n) is 8.27. The Balaban J connectivity index is 3.85. The second-order valence-corrected chi connectivity index (χ2v) is 2.87. The van der Waals surface area contributed by atoms with Crippen molar-refractivity contribution < 1.29 is 19.4 Å². The molecule has 15 heavy (non-hydrogen) atoms. The predicted molar refractivity (Wildman–Crippen MR) is 51.1 cm³/mol. The summed E-state index contributed by atoms with van der Waals surface area (Å²) in [4.78, 5) is 22.4. The van der Waals surface area contributed by atoms with E-state index in [-0.39, 0.29) is 12.5 Å². The molecule has 8 heteroatoms. The number of hydrogen-bond donors (Lipinski definition) is 4. The Bertz CT molecular complexity index is 268. The molecule has 0 spiro atoms. The highest BCUT2D eigenvalue weighted by atomic mass is 16.5. The first kappa shape index (κ1) is 13.2. The molecule has 0 aliphatic rings. The first-order valence-electron chi connectivity index (χ1n) is 4.03. The molecule has 6 N–H and O–H groups in total. The molecule has 0 aliphatic heterocycles. The third-order valence-electron chi connectivity index (χ3n) is 1.52. The van der Waals surface area contributed by atoms with Gasteiger partial charge < -0.3 is 26.2 Å². The quantitative estimate of drug-likeness (QED) is 0.232. The van der Waals surface area contributed by atoms with Crippen molar-refractivity contribution in [1.82, 2.24) is 4.90 Å². The molecule has 0 saturated heterocycles. The molecule has 0 aromatic heterocycles. The topological polar surface area (TPSA) is 143 Å². The number of hydrogen-bond acceptors (Lipinski definition) is 5. The summed E-state index contributed by atoms with van der Waals surface area (Å²) in [5.41, 5.74) is 10.2. The zero-order valence-corrected chi connectivity index (χ0v) is 8.27. The number of aliphatic carboxylic acids is 1. The van der Waals surface area contributed by atoms with Crippen molar-refractivity contribution in [2.24, 2.45) is 11.5 Å². The van der Waals surface area contributed by atoms with E-state index in [1.165, 1.54) is 7.05 Å². The molecule has 1 unspecified atom stereocenters. The SMILES string of the molecule is CN(CC(=O)OCC(N)C(=O)O)C(=N)N. The Morgan fingerprint density at radius 1 is 1.60 bits per heavy atom. The van der Waals surface area contributed by atoms with Crippen molar-refractivity contribution in [1.29, 1.82) is 5.41 Å². The molecule has 0 amide bonds. The summed E-state index contributed by atoms with van der Waals surface area (Å²) in [6.45, 7) is -0.623. The number of carboxylic acid groups (broad SMARTS) is 1. The monoisotopic (exact) mass is 218 g/mol. The zero-order chi connectivity index (χ0) is 12.0. The molecule has 0 aromatic rings. The normalized spacial score (nSPS) is 11.6. The van der Waals surface area contributed by atoms with Crippen LogP contribution in [-0.2, 0) is 14.3 Å². The molecule has 0 saturated carbocycles. The fourth-order valence-corrected chi connectivity index (χ4v) is 0.578. The van der Waals surface area contributed by atoms with Gasteiger partial charge in [0.1, 0.15) is 19.2 Å². The van der Waals surface area contributed by atoms with Crippen molar-refractivity contribution in [2.75, 3.05) is 20.2 Å². The van der Waals surface area contributed by atoms with Crippen LogP contribution in [-0.4, -0.2) is 54.1 Å². The minimum absolute atomic E-state index is 0.221. The Labute approximate surface area is 86.3 Å². The van der Waals surface area contributed by atoms with Crippen LogP contribution in [0.1, 0.15) is 0 Å². The Morgan fingerprint density at radius 3 is 2.53 bits per heavy atom. The Kier molecular flexibility index (Phi) is 5.10. The number of nitrogens with two attached hydrogens (primary N) is 2. The first-order valence-corrected chi connectivity index (χ1v) is 4.03. The molecule has 0 bridgehead atoms. The number of ether oxygens (including phenoxy) is 1. The van der Waals surface area contributed by atoms with Gasteiger partial charge in [-0.05, 0) is 0 Å². The highest BCUT2D eigenvalue weighted by Gasteiger charge is 2.15. The van der Waals surface area contributed by atoms with E-state index < -0.39 is 24.6 Å². The maximum atomic E-state index is 11.0. The fraction of sp³-hybridized carbons (Fsp3) is 0.571. The predicted octanol–water partition coefficient (Wildman–Crippen LogP) is -2.23. The molecule has 1 atom stereocenters. The second kappa shape index (κ2) is 5.81. The van der Waals surface area contributed by atoms with Crippen molar-refractivity contribution in [2.45, 2.75) is 6.04 Å². The van der Waals surface area contributed by atoms with Crippen LogP contribution in [0.15, 0.2) is 0 Å². The van der Waals surface area contributed by atoms with Crippen LogP contribution < -0.4 is 11.5 Å². The average Bonchev–Trinajstić information content (AvgIpc) is 2.13. The number of nitrogens with one attached hydrogen (secondary N) is 1. The van der Waals surface area contributed by atoms with Crippen molar-refractivity contribution >= 4 is 17.9 Å². The highest BCUT2D eigenvalue weighted by molar-refractivity contribution is 5.81. The highest BCUT2D eigenvalue weighted by Crippen LogP contribution is 1.87. The van der Waals surface area contributed by atoms with Crippen LogP contribution in [0.3, 0.4) is 0 Å². The van der Waals surface area contributed by atoms with E-state index in [1.54, 1.807) is 0 Å². The third-order valence-corrected chi connectivity index (χ3v) is 1.52. The van der Waals surface area contributed by atoms with E-state index in [4.69, 9.17) is 22.0 Å². The number of rotatable bonds is 5. The Hall–Kier alpha value is -1.83. The molecule has 0 rings (SSSR count). The van der Waals surface area contributed by atoms with Gasteiger partial charge in [0.05, 0.1) is 0 Å². The Morgan fingerprint density at radius 2 is 2.13 bits per heavy atom. The van der Waals surface area contributed by atoms with Crippen LogP contribution in [0, 0.1) is 5.41 Å². The van der Waals surface area contributed by atoms with Crippen LogP contribution in [0.4, 0.5) is 0 Å². The third kappa shape index (κ3) is 5.47. The number of esters is 1. The molecule has 8 nitrogen and oxygen atoms in total. The summed E-state index contributed by atoms with van der Waals surface area (Å²) >= 11 is 0. The van der Waals surface area contributed by atoms with Crippen LogP contribution in [0.5, 0.6) is 0 Å². The second-order valence-electron chi connectivity index (χ2n) is 2.87. The van der Waals surface area contributed by atoms with Crippen molar-refractivity contribution in [3.05, 3.63) is 0 Å². The van der Waals surface area contributed by atoms with Crippen LogP contribution >= 0.6 is 0 Å². The summed E-state index contributed by atoms with van der Waals surface area (Å²) < 4.78 is 4.55. The summed E-state index contributed by atoms with van der Waals surface area (Å²) in [5, 5.41) is 15.3. The van der Waals surface area contributed by atoms with Crippen molar-refractivity contribution in [3.63, 3.8) is 0 Å². The summed E-state index contributed by atoms with van der Waals surface area (Å²) in [5.74, 6) is -2.22. The number of carbonyl (C=O) groups is 2. The average molecular weight is 218 g/mol. The van der Waals surface area contributed by atoms with Gasteiger partial charge in [-0.3, -0.25) is 15.0 Å². The van der Waals surface area contributed by atoms with Crippen LogP contribution in [0.2, 0.25) is 0 Å². The van der Waals surface area contributed by atoms with Crippen molar-refractivity contribution in [3.8, 4) is 0 Å². The molecule has 0 aromatic carbocycles.